The van der Waals surface area contributed by atoms with Crippen molar-refractivity contribution >= 4 is 5.91 Å². The Morgan fingerprint density at radius 1 is 1.54 bits per heavy atom. The quantitative estimate of drug-likeness (QED) is 0.409. The Labute approximate surface area is 79.0 Å². The first kappa shape index (κ1) is 11.9. The van der Waals surface area contributed by atoms with Crippen molar-refractivity contribution in [1.29, 1.82) is 0 Å². The number of carbonyl (C=O) groups excluding carboxylic acids is 1. The van der Waals surface area contributed by atoms with Crippen molar-refractivity contribution in [1.82, 2.24) is 10.6 Å². The minimum absolute atomic E-state index is 0.0333. The second kappa shape index (κ2) is 9.04. The number of methoxy groups -OCH3 is 1. The highest BCUT2D eigenvalue weighted by atomic mass is 16.5. The van der Waals surface area contributed by atoms with Gasteiger partial charge in [-0.15, -0.1) is 12.3 Å². The number of hydrogen-bond donors (Lipinski definition) is 2. The number of amides is 1. The lowest BCUT2D eigenvalue weighted by Gasteiger charge is -2.04. The average molecular weight is 184 g/mol. The van der Waals surface area contributed by atoms with E-state index in [2.05, 4.69) is 16.6 Å². The molecule has 0 bridgehead atoms. The summed E-state index contributed by atoms with van der Waals surface area (Å²) in [6.45, 7) is 2.07. The second-order valence-electron chi connectivity index (χ2n) is 2.47. The average Bonchev–Trinajstić information content (AvgIpc) is 2.13. The molecule has 0 aliphatic heterocycles. The van der Waals surface area contributed by atoms with Crippen LogP contribution in [0.2, 0.25) is 0 Å². The van der Waals surface area contributed by atoms with E-state index in [-0.39, 0.29) is 5.91 Å². The molecule has 0 saturated heterocycles. The van der Waals surface area contributed by atoms with Crippen molar-refractivity contribution in [2.24, 2.45) is 0 Å². The standard InChI is InChI=1S/C9H16N2O2/c1-3-4-5-10-8-9(12)11-6-7-13-2/h1,10H,4-8H2,2H3,(H,11,12). The van der Waals surface area contributed by atoms with E-state index in [9.17, 15) is 4.79 Å². The predicted octanol–water partition coefficient (Wildman–Crippen LogP) is -0.638. The summed E-state index contributed by atoms with van der Waals surface area (Å²) in [4.78, 5) is 11.0. The molecule has 0 rings (SSSR count). The molecule has 0 saturated carbocycles. The Balaban J connectivity index is 3.16. The molecule has 74 valence electrons. The Morgan fingerprint density at radius 2 is 2.31 bits per heavy atom. The Kier molecular flexibility index (Phi) is 8.31. The molecule has 1 amide bonds. The van der Waals surface area contributed by atoms with Crippen molar-refractivity contribution in [2.45, 2.75) is 6.42 Å². The van der Waals surface area contributed by atoms with Gasteiger partial charge in [-0.1, -0.05) is 0 Å². The van der Waals surface area contributed by atoms with E-state index in [4.69, 9.17) is 11.2 Å². The molecule has 0 heterocycles. The van der Waals surface area contributed by atoms with Gasteiger partial charge in [0.05, 0.1) is 13.2 Å². The monoisotopic (exact) mass is 184 g/mol. The van der Waals surface area contributed by atoms with Crippen LogP contribution in [0, 0.1) is 12.3 Å². The molecule has 13 heavy (non-hydrogen) atoms. The van der Waals surface area contributed by atoms with Crippen LogP contribution in [0.25, 0.3) is 0 Å². The molecule has 0 aliphatic carbocycles. The molecule has 0 atom stereocenters. The summed E-state index contributed by atoms with van der Waals surface area (Å²) in [5, 5.41) is 5.60. The van der Waals surface area contributed by atoms with Crippen molar-refractivity contribution in [2.75, 3.05) is 33.4 Å². The van der Waals surface area contributed by atoms with Gasteiger partial charge >= 0.3 is 0 Å². The summed E-state index contributed by atoms with van der Waals surface area (Å²) in [5.41, 5.74) is 0. The molecular weight excluding hydrogens is 168 g/mol. The maximum absolute atomic E-state index is 11.0. The molecule has 0 aromatic heterocycles. The first-order chi connectivity index (χ1) is 6.31. The van der Waals surface area contributed by atoms with Crippen LogP contribution in [-0.2, 0) is 9.53 Å². The fourth-order valence-electron chi connectivity index (χ4n) is 0.717. The highest BCUT2D eigenvalue weighted by Crippen LogP contribution is 1.71. The van der Waals surface area contributed by atoms with Crippen LogP contribution >= 0.6 is 0 Å². The van der Waals surface area contributed by atoms with E-state index in [0.29, 0.717) is 32.7 Å². The van der Waals surface area contributed by atoms with Crippen LogP contribution < -0.4 is 10.6 Å². The summed E-state index contributed by atoms with van der Waals surface area (Å²) < 4.78 is 4.77. The third-order valence-electron chi connectivity index (χ3n) is 1.36. The van der Waals surface area contributed by atoms with Gasteiger partial charge in [-0.25, -0.2) is 0 Å². The van der Waals surface area contributed by atoms with Gasteiger partial charge in [0, 0.05) is 26.6 Å². The third kappa shape index (κ3) is 8.86. The molecule has 0 unspecified atom stereocenters. The summed E-state index contributed by atoms with van der Waals surface area (Å²) in [6.07, 6.45) is 5.68. The molecule has 0 fully saturated rings. The molecule has 0 aromatic rings. The van der Waals surface area contributed by atoms with E-state index in [1.807, 2.05) is 0 Å². The van der Waals surface area contributed by atoms with E-state index in [1.165, 1.54) is 0 Å². The van der Waals surface area contributed by atoms with Gasteiger partial charge in [0.1, 0.15) is 0 Å². The normalized spacial score (nSPS) is 9.23. The van der Waals surface area contributed by atoms with Gasteiger partial charge in [-0.2, -0.15) is 0 Å². The smallest absolute Gasteiger partial charge is 0.234 e. The number of hydrogen-bond acceptors (Lipinski definition) is 3. The van der Waals surface area contributed by atoms with Crippen LogP contribution in [0.3, 0.4) is 0 Å². The van der Waals surface area contributed by atoms with Gasteiger partial charge in [-0.05, 0) is 0 Å². The molecular formula is C9H16N2O2. The van der Waals surface area contributed by atoms with E-state index >= 15 is 0 Å². The maximum Gasteiger partial charge on any atom is 0.234 e. The lowest BCUT2D eigenvalue weighted by Crippen LogP contribution is -2.35. The molecule has 0 radical (unpaired) electrons. The Hall–Kier alpha value is -1.05. The molecule has 0 aliphatic rings. The molecule has 2 N–H and O–H groups in total. The molecule has 4 nitrogen and oxygen atoms in total. The summed E-state index contributed by atoms with van der Waals surface area (Å²) in [5.74, 6) is 2.45. The first-order valence-electron chi connectivity index (χ1n) is 4.21. The zero-order valence-corrected chi connectivity index (χ0v) is 7.93. The van der Waals surface area contributed by atoms with Gasteiger partial charge < -0.3 is 15.4 Å². The highest BCUT2D eigenvalue weighted by molar-refractivity contribution is 5.77. The summed E-state index contributed by atoms with van der Waals surface area (Å²) in [7, 11) is 1.59. The lowest BCUT2D eigenvalue weighted by molar-refractivity contribution is -0.120. The van der Waals surface area contributed by atoms with Gasteiger partial charge in [0.2, 0.25) is 5.91 Å². The Morgan fingerprint density at radius 3 is 2.92 bits per heavy atom. The Bertz CT molecular complexity index is 175. The minimum Gasteiger partial charge on any atom is -0.383 e. The van der Waals surface area contributed by atoms with E-state index in [1.54, 1.807) is 7.11 Å². The SMILES string of the molecule is C#CCCNCC(=O)NCCOC. The number of terminal acetylenes is 1. The fraction of sp³-hybridized carbons (Fsp3) is 0.667. The topological polar surface area (TPSA) is 50.4 Å². The van der Waals surface area contributed by atoms with Gasteiger partial charge in [0.25, 0.3) is 0 Å². The summed E-state index contributed by atoms with van der Waals surface area (Å²) in [6, 6.07) is 0. The largest absolute Gasteiger partial charge is 0.383 e. The van der Waals surface area contributed by atoms with Crippen molar-refractivity contribution < 1.29 is 9.53 Å². The van der Waals surface area contributed by atoms with E-state index < -0.39 is 0 Å². The first-order valence-corrected chi connectivity index (χ1v) is 4.21. The number of rotatable bonds is 7. The van der Waals surface area contributed by atoms with Crippen molar-refractivity contribution in [3.8, 4) is 12.3 Å². The third-order valence-corrected chi connectivity index (χ3v) is 1.36. The van der Waals surface area contributed by atoms with Gasteiger partial charge in [-0.3, -0.25) is 4.79 Å². The predicted molar refractivity (Wildman–Crippen MR) is 51.2 cm³/mol. The number of nitrogens with one attached hydrogen (secondary N) is 2. The van der Waals surface area contributed by atoms with Crippen molar-refractivity contribution in [3.63, 3.8) is 0 Å². The van der Waals surface area contributed by atoms with Crippen LogP contribution in [0.5, 0.6) is 0 Å². The molecule has 0 aromatic carbocycles. The summed E-state index contributed by atoms with van der Waals surface area (Å²) >= 11 is 0. The number of ether oxygens (including phenoxy) is 1. The van der Waals surface area contributed by atoms with Crippen LogP contribution in [0.4, 0.5) is 0 Å². The molecule has 4 heteroatoms. The van der Waals surface area contributed by atoms with Crippen LogP contribution in [0.1, 0.15) is 6.42 Å². The number of carbonyl (C=O) groups is 1. The van der Waals surface area contributed by atoms with Gasteiger partial charge in [0.15, 0.2) is 0 Å². The molecule has 0 spiro atoms. The maximum atomic E-state index is 11.0. The van der Waals surface area contributed by atoms with Crippen LogP contribution in [-0.4, -0.2) is 39.3 Å². The van der Waals surface area contributed by atoms with Crippen molar-refractivity contribution in [3.05, 3.63) is 0 Å². The minimum atomic E-state index is -0.0333. The lowest BCUT2D eigenvalue weighted by atomic mass is 10.4. The van der Waals surface area contributed by atoms with E-state index in [0.717, 1.165) is 0 Å². The fourth-order valence-corrected chi connectivity index (χ4v) is 0.717. The second-order valence-corrected chi connectivity index (χ2v) is 2.47. The zero-order chi connectivity index (χ0) is 9.94. The van der Waals surface area contributed by atoms with Crippen LogP contribution in [0.15, 0.2) is 0 Å². The highest BCUT2D eigenvalue weighted by Gasteiger charge is 1.97. The zero-order valence-electron chi connectivity index (χ0n) is 7.93.